The van der Waals surface area contributed by atoms with E-state index in [1.807, 2.05) is 12.1 Å². The van der Waals surface area contributed by atoms with Gasteiger partial charge in [-0.2, -0.15) is 0 Å². The lowest BCUT2D eigenvalue weighted by molar-refractivity contribution is 0.105. The summed E-state index contributed by atoms with van der Waals surface area (Å²) >= 11 is 0. The van der Waals surface area contributed by atoms with Crippen LogP contribution in [0, 0.1) is 23.6 Å². The minimum absolute atomic E-state index is 0.153. The molecule has 1 saturated carbocycles. The molecule has 0 amide bonds. The minimum atomic E-state index is -0.503. The number of rotatable bonds is 2. The molecular weight excluding hydrogens is 225 g/mol. The maximum absolute atomic E-state index is 14.1. The Bertz CT molecular complexity index is 415. The average Bonchev–Trinajstić information content (AvgIpc) is 2.28. The molecule has 1 aliphatic carbocycles. The fourth-order valence-electron chi connectivity index (χ4n) is 3.63. The first-order valence-corrected chi connectivity index (χ1v) is 6.99. The van der Waals surface area contributed by atoms with Crippen molar-refractivity contribution in [1.29, 1.82) is 0 Å². The summed E-state index contributed by atoms with van der Waals surface area (Å²) in [7, 11) is 0. The number of hydrogen-bond donors (Lipinski definition) is 1. The average molecular weight is 249 g/mol. The van der Waals surface area contributed by atoms with Crippen molar-refractivity contribution < 1.29 is 4.39 Å². The Balaban J connectivity index is 2.44. The van der Waals surface area contributed by atoms with Crippen LogP contribution in [0.15, 0.2) is 24.3 Å². The molecule has 1 fully saturated rings. The lowest BCUT2D eigenvalue weighted by atomic mass is 9.62. The van der Waals surface area contributed by atoms with Crippen LogP contribution < -0.4 is 5.73 Å². The smallest absolute Gasteiger partial charge is 0.128 e. The SMILES string of the molecule is CC1CCC(C(C)C)C(N)(c2ccccc2F)C1. The number of nitrogens with two attached hydrogens (primary N) is 1. The molecule has 3 unspecified atom stereocenters. The van der Waals surface area contributed by atoms with Gasteiger partial charge in [-0.3, -0.25) is 0 Å². The van der Waals surface area contributed by atoms with E-state index in [-0.39, 0.29) is 5.82 Å². The fraction of sp³-hybridized carbons (Fsp3) is 0.625. The van der Waals surface area contributed by atoms with E-state index < -0.39 is 5.54 Å². The summed E-state index contributed by atoms with van der Waals surface area (Å²) < 4.78 is 14.1. The second-order valence-electron chi connectivity index (χ2n) is 6.26. The first-order chi connectivity index (χ1) is 8.45. The van der Waals surface area contributed by atoms with E-state index in [0.29, 0.717) is 23.3 Å². The molecule has 2 N–H and O–H groups in total. The molecule has 3 atom stereocenters. The van der Waals surface area contributed by atoms with Crippen LogP contribution >= 0.6 is 0 Å². The Labute approximate surface area is 110 Å². The van der Waals surface area contributed by atoms with Crippen LogP contribution in [-0.2, 0) is 5.54 Å². The van der Waals surface area contributed by atoms with Crippen LogP contribution in [0.3, 0.4) is 0 Å². The van der Waals surface area contributed by atoms with Crippen molar-refractivity contribution in [2.24, 2.45) is 23.5 Å². The third-order valence-electron chi connectivity index (χ3n) is 4.50. The normalized spacial score (nSPS) is 32.8. The fourth-order valence-corrected chi connectivity index (χ4v) is 3.63. The van der Waals surface area contributed by atoms with Gasteiger partial charge in [0.25, 0.3) is 0 Å². The summed E-state index contributed by atoms with van der Waals surface area (Å²) in [6.07, 6.45) is 3.19. The van der Waals surface area contributed by atoms with Gasteiger partial charge in [-0.15, -0.1) is 0 Å². The van der Waals surface area contributed by atoms with Crippen molar-refractivity contribution in [3.63, 3.8) is 0 Å². The predicted octanol–water partition coefficient (Wildman–Crippen LogP) is 4.07. The van der Waals surface area contributed by atoms with E-state index in [1.54, 1.807) is 6.07 Å². The molecule has 0 saturated heterocycles. The van der Waals surface area contributed by atoms with E-state index in [1.165, 1.54) is 12.5 Å². The van der Waals surface area contributed by atoms with E-state index in [2.05, 4.69) is 20.8 Å². The Morgan fingerprint density at radius 3 is 2.56 bits per heavy atom. The third-order valence-corrected chi connectivity index (χ3v) is 4.50. The molecule has 2 heteroatoms. The highest BCUT2D eigenvalue weighted by atomic mass is 19.1. The molecule has 0 heterocycles. The van der Waals surface area contributed by atoms with Crippen LogP contribution in [0.2, 0.25) is 0 Å². The molecule has 0 spiro atoms. The van der Waals surface area contributed by atoms with Gasteiger partial charge in [-0.1, -0.05) is 45.4 Å². The summed E-state index contributed by atoms with van der Waals surface area (Å²) in [5.41, 5.74) is 6.88. The largest absolute Gasteiger partial charge is 0.321 e. The molecule has 0 bridgehead atoms. The first-order valence-electron chi connectivity index (χ1n) is 6.99. The lowest BCUT2D eigenvalue weighted by Gasteiger charge is -2.46. The molecule has 0 radical (unpaired) electrons. The molecule has 1 aromatic carbocycles. The summed E-state index contributed by atoms with van der Waals surface area (Å²) in [5.74, 6) is 1.28. The van der Waals surface area contributed by atoms with E-state index in [4.69, 9.17) is 5.73 Å². The van der Waals surface area contributed by atoms with Gasteiger partial charge in [0.2, 0.25) is 0 Å². The maximum Gasteiger partial charge on any atom is 0.128 e. The number of benzene rings is 1. The molecular formula is C16H24FN. The first kappa shape index (κ1) is 13.5. The molecule has 1 nitrogen and oxygen atoms in total. The maximum atomic E-state index is 14.1. The van der Waals surface area contributed by atoms with Gasteiger partial charge in [0, 0.05) is 11.1 Å². The standard InChI is InChI=1S/C16H24FN/c1-11(2)13-9-8-12(3)10-16(13,18)14-6-4-5-7-15(14)17/h4-7,11-13H,8-10,18H2,1-3H3. The molecule has 1 aromatic rings. The van der Waals surface area contributed by atoms with Gasteiger partial charge in [-0.05, 0) is 36.7 Å². The van der Waals surface area contributed by atoms with Crippen LogP contribution in [0.5, 0.6) is 0 Å². The predicted molar refractivity (Wildman–Crippen MR) is 73.6 cm³/mol. The van der Waals surface area contributed by atoms with Crippen LogP contribution in [0.25, 0.3) is 0 Å². The lowest BCUT2D eigenvalue weighted by Crippen LogP contribution is -2.50. The molecule has 0 aromatic heterocycles. The summed E-state index contributed by atoms with van der Waals surface area (Å²) in [5, 5.41) is 0. The van der Waals surface area contributed by atoms with E-state index in [0.717, 1.165) is 12.8 Å². The highest BCUT2D eigenvalue weighted by Crippen LogP contribution is 2.46. The molecule has 0 aliphatic heterocycles. The summed E-state index contributed by atoms with van der Waals surface area (Å²) in [6.45, 7) is 6.62. The molecule has 1 aliphatic rings. The van der Waals surface area contributed by atoms with Crippen molar-refractivity contribution >= 4 is 0 Å². The molecule has 2 rings (SSSR count). The van der Waals surface area contributed by atoms with E-state index >= 15 is 0 Å². The highest BCUT2D eigenvalue weighted by molar-refractivity contribution is 5.28. The number of halogens is 1. The van der Waals surface area contributed by atoms with Crippen LogP contribution in [-0.4, -0.2) is 0 Å². The second-order valence-corrected chi connectivity index (χ2v) is 6.26. The zero-order chi connectivity index (χ0) is 13.3. The second kappa shape index (κ2) is 5.00. The van der Waals surface area contributed by atoms with Gasteiger partial charge < -0.3 is 5.73 Å². The van der Waals surface area contributed by atoms with Crippen LogP contribution in [0.1, 0.15) is 45.6 Å². The van der Waals surface area contributed by atoms with Gasteiger partial charge in [0.1, 0.15) is 5.82 Å². The summed E-state index contributed by atoms with van der Waals surface area (Å²) in [4.78, 5) is 0. The van der Waals surface area contributed by atoms with Gasteiger partial charge in [0.15, 0.2) is 0 Å². The number of hydrogen-bond acceptors (Lipinski definition) is 1. The van der Waals surface area contributed by atoms with Gasteiger partial charge >= 0.3 is 0 Å². The van der Waals surface area contributed by atoms with Crippen LogP contribution in [0.4, 0.5) is 4.39 Å². The van der Waals surface area contributed by atoms with Crippen molar-refractivity contribution in [2.45, 2.75) is 45.6 Å². The topological polar surface area (TPSA) is 26.0 Å². The third kappa shape index (κ3) is 2.31. The minimum Gasteiger partial charge on any atom is -0.321 e. The van der Waals surface area contributed by atoms with Crippen molar-refractivity contribution in [3.05, 3.63) is 35.6 Å². The van der Waals surface area contributed by atoms with Crippen molar-refractivity contribution in [2.75, 3.05) is 0 Å². The molecule has 100 valence electrons. The Hall–Kier alpha value is -0.890. The Morgan fingerprint density at radius 2 is 1.94 bits per heavy atom. The van der Waals surface area contributed by atoms with E-state index in [9.17, 15) is 4.39 Å². The quantitative estimate of drug-likeness (QED) is 0.840. The highest BCUT2D eigenvalue weighted by Gasteiger charge is 2.43. The zero-order valence-electron chi connectivity index (χ0n) is 11.6. The Morgan fingerprint density at radius 1 is 1.28 bits per heavy atom. The van der Waals surface area contributed by atoms with Crippen molar-refractivity contribution in [3.8, 4) is 0 Å². The zero-order valence-corrected chi connectivity index (χ0v) is 11.6. The van der Waals surface area contributed by atoms with Crippen molar-refractivity contribution in [1.82, 2.24) is 0 Å². The van der Waals surface area contributed by atoms with Gasteiger partial charge in [-0.25, -0.2) is 4.39 Å². The molecule has 18 heavy (non-hydrogen) atoms. The monoisotopic (exact) mass is 249 g/mol. The summed E-state index contributed by atoms with van der Waals surface area (Å²) in [6, 6.07) is 7.02. The van der Waals surface area contributed by atoms with Gasteiger partial charge in [0.05, 0.1) is 0 Å². The Kier molecular flexibility index (Phi) is 3.76.